The number of ether oxygens (including phenoxy) is 2. The molecule has 1 aliphatic carbocycles. The summed E-state index contributed by atoms with van der Waals surface area (Å²) in [4.78, 5) is 14.6. The Morgan fingerprint density at radius 1 is 1.36 bits per heavy atom. The summed E-state index contributed by atoms with van der Waals surface area (Å²) in [5.74, 6) is 2.18. The maximum Gasteiger partial charge on any atom is 0.222 e. The maximum atomic E-state index is 12.1. The molecular weight excluding hydrogens is 316 g/mol. The highest BCUT2D eigenvalue weighted by Crippen LogP contribution is 2.36. The first-order valence-corrected chi connectivity index (χ1v) is 9.47. The van der Waals surface area contributed by atoms with Gasteiger partial charge in [0, 0.05) is 25.0 Å². The number of fused-ring (bicyclic) bond motifs is 1. The zero-order chi connectivity index (χ0) is 17.2. The van der Waals surface area contributed by atoms with Crippen LogP contribution in [0.4, 0.5) is 0 Å². The summed E-state index contributed by atoms with van der Waals surface area (Å²) in [7, 11) is 1.71. The van der Waals surface area contributed by atoms with Gasteiger partial charge in [0.15, 0.2) is 0 Å². The molecule has 0 radical (unpaired) electrons. The van der Waals surface area contributed by atoms with Crippen LogP contribution < -0.4 is 10.1 Å². The van der Waals surface area contributed by atoms with Gasteiger partial charge in [-0.2, -0.15) is 0 Å². The van der Waals surface area contributed by atoms with E-state index < -0.39 is 0 Å². The molecule has 1 aromatic carbocycles. The molecule has 3 fully saturated rings. The van der Waals surface area contributed by atoms with Gasteiger partial charge in [0.2, 0.25) is 5.91 Å². The van der Waals surface area contributed by atoms with Crippen molar-refractivity contribution in [2.75, 3.05) is 26.8 Å². The highest BCUT2D eigenvalue weighted by atomic mass is 16.5. The minimum atomic E-state index is 0.114. The molecule has 3 aliphatic rings. The summed E-state index contributed by atoms with van der Waals surface area (Å²) in [5.41, 5.74) is 1.29. The molecule has 5 nitrogen and oxygen atoms in total. The van der Waals surface area contributed by atoms with Gasteiger partial charge >= 0.3 is 0 Å². The Kier molecular flexibility index (Phi) is 4.95. The van der Waals surface area contributed by atoms with Gasteiger partial charge in [-0.05, 0) is 49.4 Å². The van der Waals surface area contributed by atoms with Crippen molar-refractivity contribution in [1.82, 2.24) is 10.2 Å². The van der Waals surface area contributed by atoms with Crippen molar-refractivity contribution in [2.24, 2.45) is 11.8 Å². The number of nitrogens with one attached hydrogen (secondary N) is 1. The minimum absolute atomic E-state index is 0.114. The number of likely N-dealkylation sites (tertiary alicyclic amines) is 1. The number of hydrogen-bond donors (Lipinski definition) is 1. The van der Waals surface area contributed by atoms with Gasteiger partial charge < -0.3 is 14.8 Å². The van der Waals surface area contributed by atoms with E-state index in [0.717, 1.165) is 51.3 Å². The molecule has 4 rings (SSSR count). The van der Waals surface area contributed by atoms with E-state index in [0.29, 0.717) is 24.3 Å². The van der Waals surface area contributed by atoms with Crippen molar-refractivity contribution in [3.8, 4) is 5.75 Å². The Bertz CT molecular complexity index is 617. The summed E-state index contributed by atoms with van der Waals surface area (Å²) in [6.07, 6.45) is 4.05. The van der Waals surface area contributed by atoms with Gasteiger partial charge in [-0.25, -0.2) is 0 Å². The second-order valence-corrected chi connectivity index (χ2v) is 7.72. The lowest BCUT2D eigenvalue weighted by atomic mass is 9.83. The number of carbonyl (C=O) groups excluding carboxylic acids is 1. The smallest absolute Gasteiger partial charge is 0.222 e. The van der Waals surface area contributed by atoms with E-state index >= 15 is 0 Å². The van der Waals surface area contributed by atoms with Crippen LogP contribution in [0, 0.1) is 11.8 Å². The fourth-order valence-electron chi connectivity index (χ4n) is 4.24. The number of carbonyl (C=O) groups is 1. The van der Waals surface area contributed by atoms with Crippen LogP contribution in [-0.2, 0) is 16.1 Å². The maximum absolute atomic E-state index is 12.1. The number of amides is 1. The molecule has 1 aromatic rings. The van der Waals surface area contributed by atoms with Crippen molar-refractivity contribution < 1.29 is 14.3 Å². The third-order valence-corrected chi connectivity index (χ3v) is 5.75. The fraction of sp³-hybridized carbons (Fsp3) is 0.650. The van der Waals surface area contributed by atoms with Gasteiger partial charge in [0.25, 0.3) is 0 Å². The summed E-state index contributed by atoms with van der Waals surface area (Å²) in [6, 6.07) is 8.74. The summed E-state index contributed by atoms with van der Waals surface area (Å²) in [5, 5.41) is 3.09. The van der Waals surface area contributed by atoms with Crippen LogP contribution in [0.1, 0.15) is 31.2 Å². The van der Waals surface area contributed by atoms with E-state index in [9.17, 15) is 4.79 Å². The van der Waals surface area contributed by atoms with E-state index in [2.05, 4.69) is 22.3 Å². The Labute approximate surface area is 149 Å². The van der Waals surface area contributed by atoms with Gasteiger partial charge in [0.1, 0.15) is 5.75 Å². The molecule has 1 N–H and O–H groups in total. The number of methoxy groups -OCH3 is 1. The molecule has 5 heteroatoms. The second-order valence-electron chi connectivity index (χ2n) is 7.72. The van der Waals surface area contributed by atoms with E-state index in [1.807, 2.05) is 12.1 Å². The molecule has 25 heavy (non-hydrogen) atoms. The molecule has 1 saturated carbocycles. The Hall–Kier alpha value is -1.59. The summed E-state index contributed by atoms with van der Waals surface area (Å²) < 4.78 is 11.3. The Balaban J connectivity index is 1.29. The standard InChI is InChI=1S/C20H28N2O3/c1-24-17-4-2-3-14(9-17)11-22-8-7-18-15(12-22)13-25-19(18)10-20(23)21-16-5-6-16/h2-4,9,15-16,18-19H,5-8,10-13H2,1H3,(H,21,23)/t15-,18+,19+/m1/s1. The number of piperidine rings is 1. The predicted molar refractivity (Wildman–Crippen MR) is 95.4 cm³/mol. The van der Waals surface area contributed by atoms with Crippen LogP contribution >= 0.6 is 0 Å². The fourth-order valence-corrected chi connectivity index (χ4v) is 4.24. The monoisotopic (exact) mass is 344 g/mol. The molecule has 0 bridgehead atoms. The summed E-state index contributed by atoms with van der Waals surface area (Å²) in [6.45, 7) is 3.87. The largest absolute Gasteiger partial charge is 0.497 e. The van der Waals surface area contributed by atoms with Crippen molar-refractivity contribution in [3.05, 3.63) is 29.8 Å². The molecule has 3 atom stereocenters. The van der Waals surface area contributed by atoms with E-state index in [-0.39, 0.29) is 12.0 Å². The first kappa shape index (κ1) is 16.9. The average molecular weight is 344 g/mol. The van der Waals surface area contributed by atoms with Crippen LogP contribution in [0.3, 0.4) is 0 Å². The predicted octanol–water partition coefficient (Wildman–Crippen LogP) is 2.20. The summed E-state index contributed by atoms with van der Waals surface area (Å²) >= 11 is 0. The lowest BCUT2D eigenvalue weighted by molar-refractivity contribution is -0.123. The third kappa shape index (κ3) is 4.15. The molecule has 2 aliphatic heterocycles. The molecular formula is C20H28N2O3. The lowest BCUT2D eigenvalue weighted by Gasteiger charge is -2.35. The van der Waals surface area contributed by atoms with Crippen LogP contribution in [-0.4, -0.2) is 49.8 Å². The number of nitrogens with zero attached hydrogens (tertiary/aromatic N) is 1. The SMILES string of the molecule is COc1cccc(CN2CC[C@H]3[C@@H](CO[C@H]3CC(=O)NC3CC3)C2)c1. The number of hydrogen-bond acceptors (Lipinski definition) is 4. The number of benzene rings is 1. The normalized spacial score (nSPS) is 29.2. The van der Waals surface area contributed by atoms with Gasteiger partial charge in [0.05, 0.1) is 26.2 Å². The quantitative estimate of drug-likeness (QED) is 0.860. The van der Waals surface area contributed by atoms with Crippen molar-refractivity contribution >= 4 is 5.91 Å². The van der Waals surface area contributed by atoms with Crippen LogP contribution in [0.25, 0.3) is 0 Å². The molecule has 0 spiro atoms. The highest BCUT2D eigenvalue weighted by Gasteiger charge is 2.41. The van der Waals surface area contributed by atoms with Gasteiger partial charge in [-0.3, -0.25) is 9.69 Å². The second kappa shape index (κ2) is 7.34. The topological polar surface area (TPSA) is 50.8 Å². The highest BCUT2D eigenvalue weighted by molar-refractivity contribution is 5.77. The minimum Gasteiger partial charge on any atom is -0.497 e. The van der Waals surface area contributed by atoms with E-state index in [4.69, 9.17) is 9.47 Å². The molecule has 2 saturated heterocycles. The first-order valence-electron chi connectivity index (χ1n) is 9.47. The zero-order valence-corrected chi connectivity index (χ0v) is 14.9. The van der Waals surface area contributed by atoms with Crippen molar-refractivity contribution in [2.45, 2.75) is 44.4 Å². The van der Waals surface area contributed by atoms with E-state index in [1.54, 1.807) is 7.11 Å². The van der Waals surface area contributed by atoms with Crippen LogP contribution in [0.2, 0.25) is 0 Å². The van der Waals surface area contributed by atoms with Crippen LogP contribution in [0.15, 0.2) is 24.3 Å². The van der Waals surface area contributed by atoms with Crippen LogP contribution in [0.5, 0.6) is 5.75 Å². The van der Waals surface area contributed by atoms with Crippen molar-refractivity contribution in [1.29, 1.82) is 0 Å². The number of rotatable bonds is 6. The van der Waals surface area contributed by atoms with Gasteiger partial charge in [-0.15, -0.1) is 0 Å². The molecule has 2 heterocycles. The first-order chi connectivity index (χ1) is 12.2. The van der Waals surface area contributed by atoms with E-state index in [1.165, 1.54) is 5.56 Å². The molecule has 0 unspecified atom stereocenters. The molecule has 136 valence electrons. The van der Waals surface area contributed by atoms with Crippen molar-refractivity contribution in [3.63, 3.8) is 0 Å². The third-order valence-electron chi connectivity index (χ3n) is 5.75. The zero-order valence-electron chi connectivity index (χ0n) is 14.9. The lowest BCUT2D eigenvalue weighted by Crippen LogP contribution is -2.42. The van der Waals surface area contributed by atoms with Gasteiger partial charge in [-0.1, -0.05) is 12.1 Å². The molecule has 1 amide bonds. The molecule has 0 aromatic heterocycles. The Morgan fingerprint density at radius 2 is 2.24 bits per heavy atom. The average Bonchev–Trinajstić information content (AvgIpc) is 3.34. The Morgan fingerprint density at radius 3 is 3.04 bits per heavy atom.